The summed E-state index contributed by atoms with van der Waals surface area (Å²) in [7, 11) is 0. The van der Waals surface area contributed by atoms with Crippen LogP contribution in [0.4, 0.5) is 0 Å². The van der Waals surface area contributed by atoms with Crippen molar-refractivity contribution in [2.45, 2.75) is 20.3 Å². The van der Waals surface area contributed by atoms with Crippen LogP contribution in [-0.2, 0) is 0 Å². The van der Waals surface area contributed by atoms with Gasteiger partial charge >= 0.3 is 0 Å². The molecule has 1 N–H and O–H groups in total. The zero-order valence-corrected chi connectivity index (χ0v) is 10.1. The number of rotatable bonds is 3. The summed E-state index contributed by atoms with van der Waals surface area (Å²) < 4.78 is 0. The largest absolute Gasteiger partial charge is 0.316 e. The summed E-state index contributed by atoms with van der Waals surface area (Å²) >= 11 is 1.60. The average molecular weight is 223 g/mol. The molecule has 1 fully saturated rings. The van der Waals surface area contributed by atoms with E-state index in [0.29, 0.717) is 11.7 Å². The molecule has 1 saturated heterocycles. The molecule has 1 unspecified atom stereocenters. The van der Waals surface area contributed by atoms with Gasteiger partial charge in [-0.05, 0) is 30.3 Å². The van der Waals surface area contributed by atoms with E-state index in [2.05, 4.69) is 19.2 Å². The fourth-order valence-corrected chi connectivity index (χ4v) is 2.98. The Morgan fingerprint density at radius 3 is 2.87 bits per heavy atom. The third-order valence-electron chi connectivity index (χ3n) is 3.53. The van der Waals surface area contributed by atoms with E-state index in [1.54, 1.807) is 11.3 Å². The first-order valence-electron chi connectivity index (χ1n) is 5.44. The van der Waals surface area contributed by atoms with Gasteiger partial charge in [0.1, 0.15) is 0 Å². The first-order valence-corrected chi connectivity index (χ1v) is 6.39. The van der Waals surface area contributed by atoms with Gasteiger partial charge in [-0.25, -0.2) is 0 Å². The Morgan fingerprint density at radius 2 is 2.40 bits per heavy atom. The topological polar surface area (TPSA) is 29.1 Å². The molecule has 3 heteroatoms. The van der Waals surface area contributed by atoms with Gasteiger partial charge in [0.05, 0.1) is 0 Å². The molecule has 0 saturated carbocycles. The first kappa shape index (κ1) is 10.8. The van der Waals surface area contributed by atoms with Crippen LogP contribution in [0, 0.1) is 11.3 Å². The summed E-state index contributed by atoms with van der Waals surface area (Å²) in [5, 5.41) is 7.26. The van der Waals surface area contributed by atoms with Crippen molar-refractivity contribution in [3.05, 3.63) is 22.4 Å². The van der Waals surface area contributed by atoms with Crippen molar-refractivity contribution in [1.29, 1.82) is 0 Å². The third-order valence-corrected chi connectivity index (χ3v) is 4.21. The number of thiophene rings is 1. The lowest BCUT2D eigenvalue weighted by Crippen LogP contribution is -2.38. The minimum absolute atomic E-state index is 0.166. The van der Waals surface area contributed by atoms with Crippen LogP contribution in [0.3, 0.4) is 0 Å². The Kier molecular flexibility index (Phi) is 2.94. The number of hydrogen-bond donors (Lipinski definition) is 1. The normalized spacial score (nSPS) is 26.1. The highest BCUT2D eigenvalue weighted by Crippen LogP contribution is 2.37. The van der Waals surface area contributed by atoms with Crippen LogP contribution in [0.15, 0.2) is 16.8 Å². The highest BCUT2D eigenvalue weighted by atomic mass is 32.1. The zero-order chi connectivity index (χ0) is 10.9. The van der Waals surface area contributed by atoms with Crippen LogP contribution >= 0.6 is 11.3 Å². The second-order valence-electron chi connectivity index (χ2n) is 4.58. The van der Waals surface area contributed by atoms with E-state index in [1.165, 1.54) is 0 Å². The smallest absolute Gasteiger partial charge is 0.171 e. The van der Waals surface area contributed by atoms with Crippen molar-refractivity contribution in [3.8, 4) is 0 Å². The van der Waals surface area contributed by atoms with Gasteiger partial charge in [-0.3, -0.25) is 4.79 Å². The highest BCUT2D eigenvalue weighted by Gasteiger charge is 2.43. The number of ketones is 1. The maximum absolute atomic E-state index is 12.4. The summed E-state index contributed by atoms with van der Waals surface area (Å²) in [4.78, 5) is 12.4. The first-order chi connectivity index (χ1) is 7.17. The van der Waals surface area contributed by atoms with E-state index < -0.39 is 0 Å². The molecule has 1 atom stereocenters. The van der Waals surface area contributed by atoms with Crippen molar-refractivity contribution < 1.29 is 4.79 Å². The van der Waals surface area contributed by atoms with Crippen molar-refractivity contribution in [1.82, 2.24) is 5.32 Å². The lowest BCUT2D eigenvalue weighted by atomic mass is 9.71. The van der Waals surface area contributed by atoms with Gasteiger partial charge in [0, 0.05) is 22.9 Å². The molecule has 0 spiro atoms. The minimum atomic E-state index is -0.166. The Labute approximate surface area is 94.7 Å². The predicted octanol–water partition coefficient (Wildman–Crippen LogP) is 2.57. The van der Waals surface area contributed by atoms with Gasteiger partial charge in [-0.15, -0.1) is 0 Å². The molecule has 1 aromatic heterocycles. The fourth-order valence-electron chi connectivity index (χ4n) is 2.34. The van der Waals surface area contributed by atoms with E-state index >= 15 is 0 Å². The van der Waals surface area contributed by atoms with Crippen LogP contribution in [0.5, 0.6) is 0 Å². The zero-order valence-electron chi connectivity index (χ0n) is 9.25. The second kappa shape index (κ2) is 4.06. The van der Waals surface area contributed by atoms with Crippen LogP contribution in [0.2, 0.25) is 0 Å². The summed E-state index contributed by atoms with van der Waals surface area (Å²) in [6.07, 6.45) is 0.972. The van der Waals surface area contributed by atoms with E-state index in [9.17, 15) is 4.79 Å². The molecular formula is C12H17NOS. The molecule has 1 aromatic rings. The molecule has 1 aliphatic rings. The van der Waals surface area contributed by atoms with Gasteiger partial charge in [-0.1, -0.05) is 13.8 Å². The number of nitrogens with one attached hydrogen (secondary N) is 1. The van der Waals surface area contributed by atoms with Crippen molar-refractivity contribution >= 4 is 17.1 Å². The van der Waals surface area contributed by atoms with Gasteiger partial charge in [0.25, 0.3) is 0 Å². The quantitative estimate of drug-likeness (QED) is 0.798. The molecule has 0 aromatic carbocycles. The molecule has 82 valence electrons. The minimum Gasteiger partial charge on any atom is -0.316 e. The Morgan fingerprint density at radius 1 is 1.60 bits per heavy atom. The molecule has 0 aliphatic carbocycles. The van der Waals surface area contributed by atoms with E-state index in [0.717, 1.165) is 25.1 Å². The SMILES string of the molecule is CC(C)C1(C(=O)c2ccsc2)CCNC1. The number of hydrogen-bond acceptors (Lipinski definition) is 3. The molecule has 1 aliphatic heterocycles. The lowest BCUT2D eigenvalue weighted by molar-refractivity contribution is 0.0740. The van der Waals surface area contributed by atoms with Gasteiger partial charge in [0.15, 0.2) is 5.78 Å². The summed E-state index contributed by atoms with van der Waals surface area (Å²) in [6, 6.07) is 1.94. The summed E-state index contributed by atoms with van der Waals surface area (Å²) in [5.74, 6) is 0.726. The predicted molar refractivity (Wildman–Crippen MR) is 63.4 cm³/mol. The van der Waals surface area contributed by atoms with Crippen LogP contribution in [0.25, 0.3) is 0 Å². The molecule has 2 nitrogen and oxygen atoms in total. The van der Waals surface area contributed by atoms with E-state index in [1.807, 2.05) is 16.8 Å². The Bertz CT molecular complexity index is 337. The molecule has 0 radical (unpaired) electrons. The fraction of sp³-hybridized carbons (Fsp3) is 0.583. The van der Waals surface area contributed by atoms with Crippen molar-refractivity contribution in [2.24, 2.45) is 11.3 Å². The molecule has 0 amide bonds. The average Bonchev–Trinajstić information content (AvgIpc) is 2.89. The lowest BCUT2D eigenvalue weighted by Gasteiger charge is -2.30. The molecule has 2 rings (SSSR count). The maximum Gasteiger partial charge on any atom is 0.171 e. The van der Waals surface area contributed by atoms with E-state index in [-0.39, 0.29) is 5.41 Å². The Balaban J connectivity index is 2.30. The van der Waals surface area contributed by atoms with Crippen molar-refractivity contribution in [3.63, 3.8) is 0 Å². The Hall–Kier alpha value is -0.670. The molecule has 0 bridgehead atoms. The third kappa shape index (κ3) is 1.74. The molecular weight excluding hydrogens is 206 g/mol. The molecule has 15 heavy (non-hydrogen) atoms. The summed E-state index contributed by atoms with van der Waals surface area (Å²) in [6.45, 7) is 6.10. The number of carbonyl (C=O) groups is 1. The van der Waals surface area contributed by atoms with Crippen LogP contribution < -0.4 is 5.32 Å². The molecule has 2 heterocycles. The number of Topliss-reactive ketones (excluding diaryl/α,β-unsaturated/α-hetero) is 1. The summed E-state index contributed by atoms with van der Waals surface area (Å²) in [5.41, 5.74) is 0.721. The highest BCUT2D eigenvalue weighted by molar-refractivity contribution is 7.08. The van der Waals surface area contributed by atoms with Crippen molar-refractivity contribution in [2.75, 3.05) is 13.1 Å². The maximum atomic E-state index is 12.4. The van der Waals surface area contributed by atoms with Crippen LogP contribution in [0.1, 0.15) is 30.6 Å². The second-order valence-corrected chi connectivity index (χ2v) is 5.36. The monoisotopic (exact) mass is 223 g/mol. The van der Waals surface area contributed by atoms with Gasteiger partial charge in [0.2, 0.25) is 0 Å². The number of carbonyl (C=O) groups excluding carboxylic acids is 1. The van der Waals surface area contributed by atoms with E-state index in [4.69, 9.17) is 0 Å². The van der Waals surface area contributed by atoms with Crippen LogP contribution in [-0.4, -0.2) is 18.9 Å². The van der Waals surface area contributed by atoms with Gasteiger partial charge < -0.3 is 5.32 Å². The standard InChI is InChI=1S/C12H17NOS/c1-9(2)12(4-5-13-8-12)11(14)10-3-6-15-7-10/h3,6-7,9,13H,4-5,8H2,1-2H3. The van der Waals surface area contributed by atoms with Gasteiger partial charge in [-0.2, -0.15) is 11.3 Å².